The highest BCUT2D eigenvalue weighted by atomic mass is 32.1. The van der Waals surface area contributed by atoms with Crippen molar-refractivity contribution in [3.8, 4) is 22.1 Å². The number of aryl methyl sites for hydroxylation is 1. The first-order chi connectivity index (χ1) is 12.5. The smallest absolute Gasteiger partial charge is 0.277 e. The second-order valence-electron chi connectivity index (χ2n) is 6.39. The van der Waals surface area contributed by atoms with Crippen molar-refractivity contribution in [2.45, 2.75) is 6.92 Å². The van der Waals surface area contributed by atoms with E-state index >= 15 is 0 Å². The molecular weight excluding hydrogens is 352 g/mol. The van der Waals surface area contributed by atoms with E-state index in [1.807, 2.05) is 30.1 Å². The number of hydrazine groups is 1. The summed E-state index contributed by atoms with van der Waals surface area (Å²) >= 11 is 1.39. The lowest BCUT2D eigenvalue weighted by molar-refractivity contribution is -0.884. The van der Waals surface area contributed by atoms with Crippen LogP contribution in [0.5, 0.6) is 11.5 Å². The Bertz CT molecular complexity index is 785. The van der Waals surface area contributed by atoms with Gasteiger partial charge in [0.15, 0.2) is 11.5 Å². The molecule has 8 heteroatoms. The van der Waals surface area contributed by atoms with Gasteiger partial charge >= 0.3 is 0 Å². The number of aromatic nitrogens is 1. The molecule has 1 aromatic carbocycles. The lowest BCUT2D eigenvalue weighted by Crippen LogP contribution is -3.12. The first-order valence-corrected chi connectivity index (χ1v) is 9.40. The topological polar surface area (TPSA) is 68.1 Å². The van der Waals surface area contributed by atoms with E-state index < -0.39 is 0 Å². The molecule has 3 rings (SSSR count). The Hall–Kier alpha value is -2.16. The SMILES string of the molecule is COc1ccc(-c2nc(C)c(C(=O)NN3CC[NH+](C)CC3)s2)cc1OC. The molecule has 1 amide bonds. The Morgan fingerprint density at radius 1 is 1.23 bits per heavy atom. The van der Waals surface area contributed by atoms with Gasteiger partial charge in [0.2, 0.25) is 0 Å². The average molecular weight is 377 g/mol. The van der Waals surface area contributed by atoms with Gasteiger partial charge in [-0.2, -0.15) is 0 Å². The molecule has 140 valence electrons. The number of likely N-dealkylation sites (N-methyl/N-ethyl adjacent to an activating group) is 1. The molecular formula is C18H25N4O3S+. The van der Waals surface area contributed by atoms with Crippen LogP contribution in [0.1, 0.15) is 15.4 Å². The zero-order valence-corrected chi connectivity index (χ0v) is 16.4. The molecule has 1 aliphatic rings. The van der Waals surface area contributed by atoms with Gasteiger partial charge in [-0.1, -0.05) is 0 Å². The molecule has 26 heavy (non-hydrogen) atoms. The lowest BCUT2D eigenvalue weighted by Gasteiger charge is -2.29. The van der Waals surface area contributed by atoms with Gasteiger partial charge in [-0.25, -0.2) is 9.99 Å². The fourth-order valence-corrected chi connectivity index (χ4v) is 3.85. The normalized spacial score (nSPS) is 15.7. The molecule has 1 saturated heterocycles. The van der Waals surface area contributed by atoms with E-state index in [4.69, 9.17) is 9.47 Å². The summed E-state index contributed by atoms with van der Waals surface area (Å²) in [6.07, 6.45) is 0. The standard InChI is InChI=1S/C18H24N4O3S/c1-12-16(17(23)20-22-9-7-21(2)8-10-22)26-18(19-12)13-5-6-14(24-3)15(11-13)25-4/h5-6,11H,7-10H2,1-4H3,(H,20,23)/p+1. The van der Waals surface area contributed by atoms with E-state index in [2.05, 4.69) is 17.5 Å². The van der Waals surface area contributed by atoms with Crippen LogP contribution in [0, 0.1) is 6.92 Å². The molecule has 2 aromatic rings. The number of thiazole rings is 1. The van der Waals surface area contributed by atoms with Gasteiger partial charge in [0, 0.05) is 5.56 Å². The maximum Gasteiger partial charge on any atom is 0.277 e. The number of piperazine rings is 1. The molecule has 1 aliphatic heterocycles. The van der Waals surface area contributed by atoms with Crippen molar-refractivity contribution in [3.05, 3.63) is 28.8 Å². The minimum absolute atomic E-state index is 0.0914. The van der Waals surface area contributed by atoms with Crippen LogP contribution >= 0.6 is 11.3 Å². The third-order valence-electron chi connectivity index (χ3n) is 4.51. The molecule has 0 unspecified atom stereocenters. The van der Waals surface area contributed by atoms with Crippen molar-refractivity contribution in [3.63, 3.8) is 0 Å². The summed E-state index contributed by atoms with van der Waals surface area (Å²) in [5, 5.41) is 2.78. The summed E-state index contributed by atoms with van der Waals surface area (Å²) in [5.41, 5.74) is 4.64. The minimum atomic E-state index is -0.0914. The third-order valence-corrected chi connectivity index (χ3v) is 5.72. The van der Waals surface area contributed by atoms with Gasteiger partial charge in [-0.15, -0.1) is 11.3 Å². The van der Waals surface area contributed by atoms with E-state index in [0.29, 0.717) is 16.4 Å². The molecule has 0 aliphatic carbocycles. The van der Waals surface area contributed by atoms with Crippen molar-refractivity contribution < 1.29 is 19.2 Å². The van der Waals surface area contributed by atoms with Crippen molar-refractivity contribution >= 4 is 17.2 Å². The second kappa shape index (κ2) is 8.03. The largest absolute Gasteiger partial charge is 0.493 e. The van der Waals surface area contributed by atoms with Crippen LogP contribution in [-0.2, 0) is 0 Å². The van der Waals surface area contributed by atoms with Crippen LogP contribution in [-0.4, -0.2) is 63.3 Å². The van der Waals surface area contributed by atoms with Crippen LogP contribution in [0.3, 0.4) is 0 Å². The van der Waals surface area contributed by atoms with E-state index in [9.17, 15) is 4.79 Å². The molecule has 0 atom stereocenters. The summed E-state index contributed by atoms with van der Waals surface area (Å²) in [6.45, 7) is 5.64. The summed E-state index contributed by atoms with van der Waals surface area (Å²) < 4.78 is 10.6. The zero-order valence-electron chi connectivity index (χ0n) is 15.6. The number of hydrogen-bond donors (Lipinski definition) is 2. The Kier molecular flexibility index (Phi) is 5.75. The molecule has 1 fully saturated rings. The predicted octanol–water partition coefficient (Wildman–Crippen LogP) is 0.611. The number of nitrogens with zero attached hydrogens (tertiary/aromatic N) is 2. The Labute approximate surface area is 157 Å². The maximum atomic E-state index is 12.6. The predicted molar refractivity (Wildman–Crippen MR) is 101 cm³/mol. The number of quaternary nitrogens is 1. The number of rotatable bonds is 5. The van der Waals surface area contributed by atoms with Crippen LogP contribution < -0.4 is 19.8 Å². The molecule has 0 radical (unpaired) electrons. The quantitative estimate of drug-likeness (QED) is 0.799. The first kappa shape index (κ1) is 18.6. The number of ether oxygens (including phenoxy) is 2. The Morgan fingerprint density at radius 2 is 1.92 bits per heavy atom. The monoisotopic (exact) mass is 377 g/mol. The molecule has 2 N–H and O–H groups in total. The van der Waals surface area contributed by atoms with Crippen LogP contribution in [0.25, 0.3) is 10.6 Å². The van der Waals surface area contributed by atoms with E-state index in [0.717, 1.165) is 42.4 Å². The minimum Gasteiger partial charge on any atom is -0.493 e. The number of methoxy groups -OCH3 is 2. The fraction of sp³-hybridized carbons (Fsp3) is 0.444. The fourth-order valence-electron chi connectivity index (χ4n) is 2.89. The Morgan fingerprint density at radius 3 is 2.58 bits per heavy atom. The van der Waals surface area contributed by atoms with Gasteiger partial charge in [0.05, 0.1) is 53.1 Å². The number of carbonyl (C=O) groups excluding carboxylic acids is 1. The number of hydrogen-bond acceptors (Lipinski definition) is 6. The van der Waals surface area contributed by atoms with Crippen LogP contribution in [0.4, 0.5) is 0 Å². The summed E-state index contributed by atoms with van der Waals surface area (Å²) in [7, 11) is 5.38. The maximum absolute atomic E-state index is 12.6. The molecule has 0 saturated carbocycles. The van der Waals surface area contributed by atoms with Crippen molar-refractivity contribution in [1.29, 1.82) is 0 Å². The molecule has 0 spiro atoms. The van der Waals surface area contributed by atoms with E-state index in [1.54, 1.807) is 14.2 Å². The van der Waals surface area contributed by atoms with Crippen molar-refractivity contribution in [2.75, 3.05) is 47.4 Å². The van der Waals surface area contributed by atoms with Crippen molar-refractivity contribution in [2.24, 2.45) is 0 Å². The highest BCUT2D eigenvalue weighted by Gasteiger charge is 2.22. The van der Waals surface area contributed by atoms with E-state index in [1.165, 1.54) is 16.2 Å². The molecule has 7 nitrogen and oxygen atoms in total. The Balaban J connectivity index is 1.77. The summed E-state index contributed by atoms with van der Waals surface area (Å²) in [4.78, 5) is 19.4. The molecule has 1 aromatic heterocycles. The average Bonchev–Trinajstić information content (AvgIpc) is 3.05. The number of amides is 1. The van der Waals surface area contributed by atoms with Crippen molar-refractivity contribution in [1.82, 2.24) is 15.4 Å². The highest BCUT2D eigenvalue weighted by molar-refractivity contribution is 7.17. The second-order valence-corrected chi connectivity index (χ2v) is 7.39. The zero-order chi connectivity index (χ0) is 18.7. The number of nitrogens with one attached hydrogen (secondary N) is 2. The first-order valence-electron chi connectivity index (χ1n) is 8.59. The van der Waals surface area contributed by atoms with E-state index in [-0.39, 0.29) is 5.91 Å². The molecule has 0 bridgehead atoms. The molecule has 2 heterocycles. The van der Waals surface area contributed by atoms with Crippen LogP contribution in [0.2, 0.25) is 0 Å². The number of carbonyl (C=O) groups is 1. The van der Waals surface area contributed by atoms with Gasteiger partial charge in [-0.05, 0) is 25.1 Å². The third kappa shape index (κ3) is 3.98. The van der Waals surface area contributed by atoms with Crippen LogP contribution in [0.15, 0.2) is 18.2 Å². The highest BCUT2D eigenvalue weighted by Crippen LogP contribution is 2.34. The lowest BCUT2D eigenvalue weighted by atomic mass is 10.2. The van der Waals surface area contributed by atoms with Gasteiger partial charge < -0.3 is 14.4 Å². The van der Waals surface area contributed by atoms with Gasteiger partial charge in [0.1, 0.15) is 9.88 Å². The van der Waals surface area contributed by atoms with Gasteiger partial charge in [-0.3, -0.25) is 10.2 Å². The number of benzene rings is 1. The summed E-state index contributed by atoms with van der Waals surface area (Å²) in [6, 6.07) is 5.64. The van der Waals surface area contributed by atoms with Gasteiger partial charge in [0.25, 0.3) is 5.91 Å². The summed E-state index contributed by atoms with van der Waals surface area (Å²) in [5.74, 6) is 1.22.